The van der Waals surface area contributed by atoms with Gasteiger partial charge in [0.05, 0.1) is 18.3 Å². The SMILES string of the molecule is O=C(Nc1ccnn1C1CCC1)N1CCC1c1ccc(Cl)cc1. The summed E-state index contributed by atoms with van der Waals surface area (Å²) in [4.78, 5) is 14.4. The highest BCUT2D eigenvalue weighted by Gasteiger charge is 2.34. The van der Waals surface area contributed by atoms with Gasteiger partial charge in [-0.25, -0.2) is 9.48 Å². The molecule has 1 unspecified atom stereocenters. The smallest absolute Gasteiger partial charge is 0.317 e. The van der Waals surface area contributed by atoms with Crippen molar-refractivity contribution in [3.8, 4) is 0 Å². The van der Waals surface area contributed by atoms with Gasteiger partial charge >= 0.3 is 6.03 Å². The van der Waals surface area contributed by atoms with Crippen molar-refractivity contribution in [3.05, 3.63) is 47.1 Å². The fraction of sp³-hybridized carbons (Fsp3) is 0.412. The van der Waals surface area contributed by atoms with Crippen LogP contribution < -0.4 is 5.32 Å². The van der Waals surface area contributed by atoms with E-state index in [4.69, 9.17) is 11.6 Å². The van der Waals surface area contributed by atoms with Crippen molar-refractivity contribution in [2.45, 2.75) is 37.8 Å². The molecule has 1 aliphatic carbocycles. The number of likely N-dealkylation sites (tertiary alicyclic amines) is 1. The highest BCUT2D eigenvalue weighted by atomic mass is 35.5. The summed E-state index contributed by atoms with van der Waals surface area (Å²) in [6.45, 7) is 0.774. The number of aromatic nitrogens is 2. The lowest BCUT2D eigenvalue weighted by atomic mass is 9.93. The van der Waals surface area contributed by atoms with Crippen LogP contribution in [0.15, 0.2) is 36.5 Å². The predicted molar refractivity (Wildman–Crippen MR) is 89.6 cm³/mol. The number of amides is 2. The van der Waals surface area contributed by atoms with E-state index in [0.29, 0.717) is 11.1 Å². The Bertz CT molecular complexity index is 708. The lowest BCUT2D eigenvalue weighted by Crippen LogP contribution is -2.47. The van der Waals surface area contributed by atoms with Gasteiger partial charge in [0.25, 0.3) is 0 Å². The quantitative estimate of drug-likeness (QED) is 0.915. The van der Waals surface area contributed by atoms with Crippen molar-refractivity contribution < 1.29 is 4.79 Å². The first-order valence-corrected chi connectivity index (χ1v) is 8.47. The normalized spacial score (nSPS) is 20.7. The van der Waals surface area contributed by atoms with Gasteiger partial charge in [0.15, 0.2) is 0 Å². The molecule has 23 heavy (non-hydrogen) atoms. The second kappa shape index (κ2) is 5.89. The molecule has 1 aliphatic heterocycles. The van der Waals surface area contributed by atoms with Crippen LogP contribution in [0.1, 0.15) is 43.3 Å². The molecule has 0 radical (unpaired) electrons. The largest absolute Gasteiger partial charge is 0.323 e. The summed E-state index contributed by atoms with van der Waals surface area (Å²) in [5, 5.41) is 8.08. The minimum Gasteiger partial charge on any atom is -0.317 e. The van der Waals surface area contributed by atoms with Gasteiger partial charge in [-0.2, -0.15) is 5.10 Å². The van der Waals surface area contributed by atoms with Crippen molar-refractivity contribution >= 4 is 23.4 Å². The standard InChI is InChI=1S/C17H19ClN4O/c18-13-6-4-12(5-7-13)15-9-11-21(15)17(23)20-16-8-10-19-22(16)14-2-1-3-14/h4-8,10,14-15H,1-3,9,11H2,(H,20,23). The van der Waals surface area contributed by atoms with Crippen LogP contribution in [0.25, 0.3) is 0 Å². The molecule has 1 aromatic heterocycles. The Hall–Kier alpha value is -2.01. The summed E-state index contributed by atoms with van der Waals surface area (Å²) in [6, 6.07) is 10.1. The van der Waals surface area contributed by atoms with E-state index in [1.54, 1.807) is 6.20 Å². The summed E-state index contributed by atoms with van der Waals surface area (Å²) < 4.78 is 1.94. The number of nitrogens with zero attached hydrogens (tertiary/aromatic N) is 3. The van der Waals surface area contributed by atoms with Crippen LogP contribution in [0, 0.1) is 0 Å². The number of benzene rings is 1. The van der Waals surface area contributed by atoms with Crippen LogP contribution in [-0.4, -0.2) is 27.3 Å². The lowest BCUT2D eigenvalue weighted by molar-refractivity contribution is 0.126. The van der Waals surface area contributed by atoms with E-state index in [0.717, 1.165) is 37.2 Å². The van der Waals surface area contributed by atoms with E-state index < -0.39 is 0 Å². The summed E-state index contributed by atoms with van der Waals surface area (Å²) in [5.74, 6) is 0.793. The number of nitrogens with one attached hydrogen (secondary N) is 1. The van der Waals surface area contributed by atoms with Crippen LogP contribution in [0.5, 0.6) is 0 Å². The molecule has 1 saturated heterocycles. The van der Waals surface area contributed by atoms with Crippen LogP contribution in [-0.2, 0) is 0 Å². The number of urea groups is 1. The average molecular weight is 331 g/mol. The van der Waals surface area contributed by atoms with E-state index in [1.807, 2.05) is 39.9 Å². The molecular formula is C17H19ClN4O. The Balaban J connectivity index is 1.45. The van der Waals surface area contributed by atoms with Crippen molar-refractivity contribution in [3.63, 3.8) is 0 Å². The van der Waals surface area contributed by atoms with Crippen molar-refractivity contribution in [1.29, 1.82) is 0 Å². The number of anilines is 1. The first kappa shape index (κ1) is 14.6. The third-order valence-corrected chi connectivity index (χ3v) is 5.11. The molecule has 5 nitrogen and oxygen atoms in total. The maximum Gasteiger partial charge on any atom is 0.323 e. The molecule has 2 heterocycles. The molecule has 1 saturated carbocycles. The molecule has 2 aromatic rings. The molecule has 2 aliphatic rings. The molecule has 0 bridgehead atoms. The zero-order chi connectivity index (χ0) is 15.8. The molecule has 1 aromatic carbocycles. The summed E-state index contributed by atoms with van der Waals surface area (Å²) in [6.07, 6.45) is 6.25. The minimum atomic E-state index is -0.0581. The van der Waals surface area contributed by atoms with Crippen LogP contribution in [0.3, 0.4) is 0 Å². The highest BCUT2D eigenvalue weighted by Crippen LogP contribution is 2.36. The maximum absolute atomic E-state index is 12.6. The molecule has 1 N–H and O–H groups in total. The fourth-order valence-corrected chi connectivity index (χ4v) is 3.30. The zero-order valence-corrected chi connectivity index (χ0v) is 13.5. The maximum atomic E-state index is 12.6. The number of halogens is 1. The monoisotopic (exact) mass is 330 g/mol. The Morgan fingerprint density at radius 2 is 1.96 bits per heavy atom. The van der Waals surface area contributed by atoms with Crippen LogP contribution in [0.2, 0.25) is 5.02 Å². The molecule has 2 fully saturated rings. The Labute approximate surface area is 140 Å². The Morgan fingerprint density at radius 3 is 2.57 bits per heavy atom. The van der Waals surface area contributed by atoms with E-state index in [2.05, 4.69) is 10.4 Å². The molecule has 0 spiro atoms. The van der Waals surface area contributed by atoms with Gasteiger partial charge in [0, 0.05) is 17.6 Å². The topological polar surface area (TPSA) is 50.2 Å². The summed E-state index contributed by atoms with van der Waals surface area (Å²) in [7, 11) is 0. The predicted octanol–water partition coefficient (Wildman–Crippen LogP) is 4.24. The Morgan fingerprint density at radius 1 is 1.17 bits per heavy atom. The number of hydrogen-bond donors (Lipinski definition) is 1. The number of carbonyl (C=O) groups excluding carboxylic acids is 1. The van der Waals surface area contributed by atoms with E-state index in [-0.39, 0.29) is 12.1 Å². The van der Waals surface area contributed by atoms with Gasteiger partial charge in [-0.15, -0.1) is 0 Å². The van der Waals surface area contributed by atoms with E-state index in [9.17, 15) is 4.79 Å². The third-order valence-electron chi connectivity index (χ3n) is 4.86. The van der Waals surface area contributed by atoms with E-state index >= 15 is 0 Å². The molecule has 2 amide bonds. The second-order valence-corrected chi connectivity index (χ2v) is 6.66. The van der Waals surface area contributed by atoms with Gasteiger partial charge in [-0.05, 0) is 43.4 Å². The zero-order valence-electron chi connectivity index (χ0n) is 12.8. The molecular weight excluding hydrogens is 312 g/mol. The third kappa shape index (κ3) is 2.70. The molecule has 6 heteroatoms. The van der Waals surface area contributed by atoms with Gasteiger partial charge in [-0.1, -0.05) is 23.7 Å². The van der Waals surface area contributed by atoms with Crippen molar-refractivity contribution in [2.24, 2.45) is 0 Å². The minimum absolute atomic E-state index is 0.0581. The summed E-state index contributed by atoms with van der Waals surface area (Å²) >= 11 is 5.94. The van der Waals surface area contributed by atoms with Gasteiger partial charge in [0.2, 0.25) is 0 Å². The Kier molecular flexibility index (Phi) is 3.73. The summed E-state index contributed by atoms with van der Waals surface area (Å²) in [5.41, 5.74) is 1.13. The highest BCUT2D eigenvalue weighted by molar-refractivity contribution is 6.30. The van der Waals surface area contributed by atoms with Crippen LogP contribution in [0.4, 0.5) is 10.6 Å². The molecule has 4 rings (SSSR count). The first-order valence-electron chi connectivity index (χ1n) is 8.09. The van der Waals surface area contributed by atoms with E-state index in [1.165, 1.54) is 6.42 Å². The molecule has 120 valence electrons. The lowest BCUT2D eigenvalue weighted by Gasteiger charge is -2.41. The number of carbonyl (C=O) groups is 1. The van der Waals surface area contributed by atoms with Crippen molar-refractivity contribution in [2.75, 3.05) is 11.9 Å². The van der Waals surface area contributed by atoms with Gasteiger partial charge < -0.3 is 4.90 Å². The fourth-order valence-electron chi connectivity index (χ4n) is 3.18. The van der Waals surface area contributed by atoms with Gasteiger partial charge in [0.1, 0.15) is 5.82 Å². The number of hydrogen-bond acceptors (Lipinski definition) is 2. The van der Waals surface area contributed by atoms with Gasteiger partial charge in [-0.3, -0.25) is 5.32 Å². The van der Waals surface area contributed by atoms with Crippen molar-refractivity contribution in [1.82, 2.24) is 14.7 Å². The first-order chi connectivity index (χ1) is 11.2. The van der Waals surface area contributed by atoms with Crippen LogP contribution >= 0.6 is 11.6 Å². The second-order valence-electron chi connectivity index (χ2n) is 6.23. The average Bonchev–Trinajstić information content (AvgIpc) is 2.86. The molecule has 1 atom stereocenters. The number of rotatable bonds is 3.